The summed E-state index contributed by atoms with van der Waals surface area (Å²) >= 11 is 0. The maximum absolute atomic E-state index is 12.9. The molecule has 238 valence electrons. The molecule has 0 aliphatic rings. The van der Waals surface area contributed by atoms with Gasteiger partial charge in [0.05, 0.1) is 22.4 Å². The fourth-order valence-corrected chi connectivity index (χ4v) is 5.19. The smallest absolute Gasteiger partial charge is 0.270 e. The van der Waals surface area contributed by atoms with Crippen molar-refractivity contribution < 1.29 is 10.2 Å². The predicted octanol–water partition coefficient (Wildman–Crippen LogP) is 8.93. The highest BCUT2D eigenvalue weighted by Crippen LogP contribution is 2.38. The molecular weight excluding hydrogens is 560 g/mol. The van der Waals surface area contributed by atoms with Gasteiger partial charge in [-0.25, -0.2) is 4.98 Å². The van der Waals surface area contributed by atoms with Crippen LogP contribution in [-0.4, -0.2) is 32.6 Å². The standard InChI is InChI=1S/C38H48N4O3/c1-22(2)15-32-35(45)42-31-19-29(40-21-24-16-25(36(3,4)5)17-27(34(24)44)38(9,10)11)28(18-30(31)41-32)39-20-23-13-12-14-26(33(23)43)37(6,7)8/h12-14,16-22,43-44H,15H2,1-11H3,(H,42,45). The molecule has 4 aromatic rings. The summed E-state index contributed by atoms with van der Waals surface area (Å²) in [4.78, 5) is 30.1. The summed E-state index contributed by atoms with van der Waals surface area (Å²) in [6, 6.07) is 13.2. The summed E-state index contributed by atoms with van der Waals surface area (Å²) in [5.74, 6) is 0.632. The maximum Gasteiger partial charge on any atom is 0.270 e. The number of hydrogen-bond acceptors (Lipinski definition) is 6. The Hall–Kier alpha value is -4.26. The number of aromatic amines is 1. The minimum absolute atomic E-state index is 0.142. The van der Waals surface area contributed by atoms with Gasteiger partial charge in [-0.15, -0.1) is 0 Å². The second-order valence-corrected chi connectivity index (χ2v) is 15.4. The predicted molar refractivity (Wildman–Crippen MR) is 188 cm³/mol. The second-order valence-electron chi connectivity index (χ2n) is 15.4. The topological polar surface area (TPSA) is 111 Å². The zero-order valence-electron chi connectivity index (χ0n) is 28.6. The minimum Gasteiger partial charge on any atom is -0.507 e. The molecule has 0 saturated heterocycles. The third-order valence-corrected chi connectivity index (χ3v) is 7.83. The van der Waals surface area contributed by atoms with Gasteiger partial charge in [-0.05, 0) is 64.0 Å². The van der Waals surface area contributed by atoms with Gasteiger partial charge in [-0.1, -0.05) is 94.4 Å². The van der Waals surface area contributed by atoms with Crippen LogP contribution >= 0.6 is 0 Å². The number of H-pyrrole nitrogens is 1. The SMILES string of the molecule is CC(C)Cc1nc2cc(N=Cc3cccc(C(C)(C)C)c3O)c(N=Cc3cc(C(C)(C)C)cc(C(C)(C)C)c3O)cc2[nH]c1=O. The quantitative estimate of drug-likeness (QED) is 0.190. The largest absolute Gasteiger partial charge is 0.507 e. The molecule has 0 aliphatic carbocycles. The van der Waals surface area contributed by atoms with E-state index in [1.807, 2.05) is 38.1 Å². The molecule has 1 aromatic heterocycles. The highest BCUT2D eigenvalue weighted by molar-refractivity contribution is 5.94. The molecule has 0 bridgehead atoms. The van der Waals surface area contributed by atoms with E-state index in [0.29, 0.717) is 45.6 Å². The molecule has 3 N–H and O–H groups in total. The van der Waals surface area contributed by atoms with E-state index in [-0.39, 0.29) is 39.2 Å². The van der Waals surface area contributed by atoms with Crippen LogP contribution in [0.1, 0.15) is 110 Å². The molecule has 3 aromatic carbocycles. The molecule has 0 radical (unpaired) electrons. The van der Waals surface area contributed by atoms with Crippen molar-refractivity contribution in [1.29, 1.82) is 0 Å². The van der Waals surface area contributed by atoms with Crippen molar-refractivity contribution >= 4 is 34.8 Å². The summed E-state index contributed by atoms with van der Waals surface area (Å²) < 4.78 is 0. The van der Waals surface area contributed by atoms with E-state index in [1.165, 1.54) is 0 Å². The average molecular weight is 609 g/mol. The fraction of sp³-hybridized carbons (Fsp3) is 0.421. The molecule has 45 heavy (non-hydrogen) atoms. The van der Waals surface area contributed by atoms with Crippen LogP contribution in [0.2, 0.25) is 0 Å². The van der Waals surface area contributed by atoms with E-state index in [1.54, 1.807) is 24.6 Å². The summed E-state index contributed by atoms with van der Waals surface area (Å²) in [6.07, 6.45) is 3.83. The summed E-state index contributed by atoms with van der Waals surface area (Å²) in [5, 5.41) is 22.4. The number of hydrogen-bond donors (Lipinski definition) is 3. The molecule has 0 atom stereocenters. The zero-order valence-corrected chi connectivity index (χ0v) is 28.6. The van der Waals surface area contributed by atoms with E-state index in [4.69, 9.17) is 9.98 Å². The third-order valence-electron chi connectivity index (χ3n) is 7.83. The van der Waals surface area contributed by atoms with Crippen LogP contribution in [0.5, 0.6) is 11.5 Å². The van der Waals surface area contributed by atoms with Crippen molar-refractivity contribution in [3.63, 3.8) is 0 Å². The van der Waals surface area contributed by atoms with Crippen molar-refractivity contribution in [1.82, 2.24) is 9.97 Å². The second kappa shape index (κ2) is 12.3. The van der Waals surface area contributed by atoms with Gasteiger partial charge in [0.25, 0.3) is 5.56 Å². The molecule has 7 heteroatoms. The first-order chi connectivity index (χ1) is 20.8. The van der Waals surface area contributed by atoms with Gasteiger partial charge in [0.15, 0.2) is 0 Å². The van der Waals surface area contributed by atoms with Crippen LogP contribution in [0.25, 0.3) is 11.0 Å². The lowest BCUT2D eigenvalue weighted by Crippen LogP contribution is -2.17. The number of benzene rings is 3. The Kier molecular flexibility index (Phi) is 9.16. The first-order valence-corrected chi connectivity index (χ1v) is 15.6. The van der Waals surface area contributed by atoms with Gasteiger partial charge in [-0.3, -0.25) is 14.8 Å². The van der Waals surface area contributed by atoms with E-state index in [9.17, 15) is 15.0 Å². The number of aromatic nitrogens is 2. The highest BCUT2D eigenvalue weighted by atomic mass is 16.3. The van der Waals surface area contributed by atoms with Crippen LogP contribution < -0.4 is 5.56 Å². The zero-order chi connectivity index (χ0) is 33.5. The molecule has 0 saturated carbocycles. The Morgan fingerprint density at radius 1 is 0.778 bits per heavy atom. The number of phenolic OH excluding ortho intramolecular Hbond substituents is 2. The average Bonchev–Trinajstić information content (AvgIpc) is 2.90. The molecule has 0 aliphatic heterocycles. The van der Waals surface area contributed by atoms with E-state index in [2.05, 4.69) is 78.3 Å². The number of para-hydroxylation sites is 1. The number of aliphatic imine (C=N–C) groups is 2. The normalized spacial score (nSPS) is 13.2. The van der Waals surface area contributed by atoms with Crippen molar-refractivity contribution in [2.24, 2.45) is 15.9 Å². The number of rotatable bonds is 6. The van der Waals surface area contributed by atoms with Crippen LogP contribution in [0.15, 0.2) is 57.2 Å². The minimum atomic E-state index is -0.283. The number of nitrogens with one attached hydrogen (secondary N) is 1. The van der Waals surface area contributed by atoms with E-state index < -0.39 is 0 Å². The van der Waals surface area contributed by atoms with Gasteiger partial charge in [0.2, 0.25) is 0 Å². The van der Waals surface area contributed by atoms with Crippen molar-refractivity contribution in [2.45, 2.75) is 98.8 Å². The van der Waals surface area contributed by atoms with Crippen molar-refractivity contribution in [3.05, 3.63) is 86.3 Å². The van der Waals surface area contributed by atoms with Gasteiger partial charge in [-0.2, -0.15) is 0 Å². The lowest BCUT2D eigenvalue weighted by molar-refractivity contribution is 0.443. The summed E-state index contributed by atoms with van der Waals surface area (Å²) in [7, 11) is 0. The van der Waals surface area contributed by atoms with Gasteiger partial charge >= 0.3 is 0 Å². The molecule has 0 spiro atoms. The monoisotopic (exact) mass is 608 g/mol. The molecule has 0 unspecified atom stereocenters. The Morgan fingerprint density at radius 3 is 1.93 bits per heavy atom. The third kappa shape index (κ3) is 7.70. The Morgan fingerprint density at radius 2 is 1.36 bits per heavy atom. The lowest BCUT2D eigenvalue weighted by Gasteiger charge is -2.27. The Bertz CT molecular complexity index is 1840. The first kappa shape index (κ1) is 33.6. The molecule has 4 rings (SSSR count). The molecule has 7 nitrogen and oxygen atoms in total. The Balaban J connectivity index is 1.92. The van der Waals surface area contributed by atoms with Crippen LogP contribution in [-0.2, 0) is 22.7 Å². The number of fused-ring (bicyclic) bond motifs is 1. The summed E-state index contributed by atoms with van der Waals surface area (Å²) in [5.41, 5.74) is 5.63. The van der Waals surface area contributed by atoms with Gasteiger partial charge in [0.1, 0.15) is 17.2 Å². The van der Waals surface area contributed by atoms with Crippen molar-refractivity contribution in [3.8, 4) is 11.5 Å². The van der Waals surface area contributed by atoms with E-state index in [0.717, 1.165) is 16.7 Å². The number of nitrogens with zero attached hydrogens (tertiary/aromatic N) is 3. The van der Waals surface area contributed by atoms with Crippen molar-refractivity contribution in [2.75, 3.05) is 0 Å². The molecular formula is C38H48N4O3. The van der Waals surface area contributed by atoms with E-state index >= 15 is 0 Å². The van der Waals surface area contributed by atoms with Crippen LogP contribution in [0.4, 0.5) is 11.4 Å². The molecule has 0 fully saturated rings. The molecule has 1 heterocycles. The molecule has 0 amide bonds. The first-order valence-electron chi connectivity index (χ1n) is 15.6. The van der Waals surface area contributed by atoms with Gasteiger partial charge in [0, 0.05) is 29.1 Å². The fourth-order valence-electron chi connectivity index (χ4n) is 5.19. The highest BCUT2D eigenvalue weighted by Gasteiger charge is 2.25. The number of aromatic hydroxyl groups is 2. The van der Waals surface area contributed by atoms with Crippen LogP contribution in [0.3, 0.4) is 0 Å². The van der Waals surface area contributed by atoms with Crippen LogP contribution in [0, 0.1) is 5.92 Å². The lowest BCUT2D eigenvalue weighted by atomic mass is 9.79. The van der Waals surface area contributed by atoms with Gasteiger partial charge < -0.3 is 15.2 Å². The summed E-state index contributed by atoms with van der Waals surface area (Å²) in [6.45, 7) is 22.9. The number of phenols is 2. The maximum atomic E-state index is 12.9. The Labute approximate surface area is 267 Å².